The average molecular weight is 449 g/mol. The zero-order chi connectivity index (χ0) is 23.7. The Hall–Kier alpha value is -1.30. The molecule has 6 atom stereocenters. The molecule has 0 aromatic heterocycles. The molecule has 0 aromatic rings. The summed E-state index contributed by atoms with van der Waals surface area (Å²) in [6.07, 6.45) is 35.6. The molecular formula is C33H52. The highest BCUT2D eigenvalue weighted by molar-refractivity contribution is 5.22. The third-order valence-corrected chi connectivity index (χ3v) is 9.06. The molecule has 33 heavy (non-hydrogen) atoms. The molecule has 0 heterocycles. The molecule has 0 nitrogen and oxygen atoms in total. The Morgan fingerprint density at radius 2 is 1.64 bits per heavy atom. The van der Waals surface area contributed by atoms with E-state index in [9.17, 15) is 0 Å². The Morgan fingerprint density at radius 3 is 2.24 bits per heavy atom. The minimum absolute atomic E-state index is 0.267. The highest BCUT2D eigenvalue weighted by Crippen LogP contribution is 2.54. The largest absolute Gasteiger partial charge is 0.102 e. The van der Waals surface area contributed by atoms with Crippen molar-refractivity contribution in [1.29, 1.82) is 0 Å². The summed E-state index contributed by atoms with van der Waals surface area (Å²) in [6.45, 7) is 15.4. The summed E-state index contributed by atoms with van der Waals surface area (Å²) in [5.41, 5.74) is 2.30. The molecule has 3 fully saturated rings. The van der Waals surface area contributed by atoms with Crippen molar-refractivity contribution in [2.24, 2.45) is 34.5 Å². The van der Waals surface area contributed by atoms with E-state index in [0.717, 1.165) is 23.7 Å². The first-order valence-corrected chi connectivity index (χ1v) is 14.2. The molecule has 3 saturated carbocycles. The molecule has 3 aliphatic carbocycles. The highest BCUT2D eigenvalue weighted by atomic mass is 14.5. The van der Waals surface area contributed by atoms with Crippen molar-refractivity contribution in [2.45, 2.75) is 111 Å². The lowest BCUT2D eigenvalue weighted by molar-refractivity contribution is 0.460. The van der Waals surface area contributed by atoms with E-state index in [1.165, 1.54) is 89.9 Å². The van der Waals surface area contributed by atoms with Gasteiger partial charge in [0.15, 0.2) is 0 Å². The van der Waals surface area contributed by atoms with Gasteiger partial charge in [0.25, 0.3) is 0 Å². The van der Waals surface area contributed by atoms with E-state index in [0.29, 0.717) is 5.41 Å². The van der Waals surface area contributed by atoms with E-state index in [1.54, 1.807) is 5.57 Å². The van der Waals surface area contributed by atoms with Gasteiger partial charge in [-0.3, -0.25) is 0 Å². The summed E-state index contributed by atoms with van der Waals surface area (Å²) in [7, 11) is 0. The van der Waals surface area contributed by atoms with Crippen LogP contribution in [-0.2, 0) is 0 Å². The predicted molar refractivity (Wildman–Crippen MR) is 147 cm³/mol. The van der Waals surface area contributed by atoms with Crippen LogP contribution in [-0.4, -0.2) is 0 Å². The van der Waals surface area contributed by atoms with Gasteiger partial charge in [-0.05, 0) is 94.3 Å². The summed E-state index contributed by atoms with van der Waals surface area (Å²) in [5.74, 6) is 3.25. The lowest BCUT2D eigenvalue weighted by Crippen LogP contribution is -2.10. The van der Waals surface area contributed by atoms with Crippen molar-refractivity contribution in [3.63, 3.8) is 0 Å². The Kier molecular flexibility index (Phi) is 9.90. The molecule has 0 spiro atoms. The van der Waals surface area contributed by atoms with Gasteiger partial charge in [-0.15, -0.1) is 13.2 Å². The normalized spacial score (nSPS) is 35.5. The van der Waals surface area contributed by atoms with Crippen molar-refractivity contribution in [3.05, 3.63) is 61.3 Å². The van der Waals surface area contributed by atoms with Gasteiger partial charge in [0.2, 0.25) is 0 Å². The molecule has 0 saturated heterocycles. The van der Waals surface area contributed by atoms with Crippen LogP contribution in [0.2, 0.25) is 0 Å². The number of hydrogen-bond donors (Lipinski definition) is 0. The van der Waals surface area contributed by atoms with Crippen LogP contribution in [0.15, 0.2) is 61.3 Å². The van der Waals surface area contributed by atoms with Crippen LogP contribution in [0.5, 0.6) is 0 Å². The van der Waals surface area contributed by atoms with Gasteiger partial charge >= 0.3 is 0 Å². The fourth-order valence-electron chi connectivity index (χ4n) is 6.07. The molecule has 184 valence electrons. The summed E-state index contributed by atoms with van der Waals surface area (Å²) in [4.78, 5) is 0. The summed E-state index contributed by atoms with van der Waals surface area (Å²) >= 11 is 0. The standard InChI is InChI=1S/C33H52/c1-6-32(22-19-27(3)25-32)23-20-30(16-12-9-8-10-14-18-31-24-28(31)4)17-13-11-15-21-33(7-2)26-29(33)5/h6-7,15,18,20-21,23,27-30H,1-2,8-14,16-17,19,22,24-26H2,3-5H3. The molecule has 3 aliphatic rings. The molecule has 6 unspecified atom stereocenters. The van der Waals surface area contributed by atoms with Crippen LogP contribution in [0, 0.1) is 34.5 Å². The van der Waals surface area contributed by atoms with Crippen molar-refractivity contribution < 1.29 is 0 Å². The maximum atomic E-state index is 4.21. The monoisotopic (exact) mass is 448 g/mol. The second-order valence-electron chi connectivity index (χ2n) is 12.0. The first-order chi connectivity index (χ1) is 15.9. The van der Waals surface area contributed by atoms with Gasteiger partial charge in [-0.1, -0.05) is 88.1 Å². The van der Waals surface area contributed by atoms with Crippen LogP contribution in [0.3, 0.4) is 0 Å². The summed E-state index contributed by atoms with van der Waals surface area (Å²) < 4.78 is 0. The minimum Gasteiger partial charge on any atom is -0.102 e. The molecular weight excluding hydrogens is 396 g/mol. The molecule has 0 radical (unpaired) electrons. The lowest BCUT2D eigenvalue weighted by atomic mass is 9.83. The third-order valence-electron chi connectivity index (χ3n) is 9.06. The van der Waals surface area contributed by atoms with Gasteiger partial charge in [-0.25, -0.2) is 0 Å². The van der Waals surface area contributed by atoms with E-state index in [-0.39, 0.29) is 5.41 Å². The van der Waals surface area contributed by atoms with Crippen molar-refractivity contribution in [2.75, 3.05) is 0 Å². The second kappa shape index (κ2) is 12.4. The van der Waals surface area contributed by atoms with Gasteiger partial charge in [-0.2, -0.15) is 0 Å². The number of rotatable bonds is 16. The molecule has 0 bridgehead atoms. The Morgan fingerprint density at radius 1 is 0.909 bits per heavy atom. The molecule has 0 aromatic carbocycles. The smallest absolute Gasteiger partial charge is 0.00873 e. The van der Waals surface area contributed by atoms with Gasteiger partial charge in [0.05, 0.1) is 0 Å². The van der Waals surface area contributed by atoms with Crippen LogP contribution >= 0.6 is 0 Å². The maximum absolute atomic E-state index is 4.21. The predicted octanol–water partition coefficient (Wildman–Crippen LogP) is 10.4. The molecule has 0 N–H and O–H groups in total. The third kappa shape index (κ3) is 8.15. The fraction of sp³-hybridized carbons (Fsp3) is 0.697. The molecule has 0 amide bonds. The average Bonchev–Trinajstić information content (AvgIpc) is 3.64. The first kappa shape index (κ1) is 26.3. The Labute approximate surface area is 206 Å². The quantitative estimate of drug-likeness (QED) is 0.163. The van der Waals surface area contributed by atoms with Gasteiger partial charge in [0, 0.05) is 10.8 Å². The van der Waals surface area contributed by atoms with Crippen LogP contribution < -0.4 is 0 Å². The first-order valence-electron chi connectivity index (χ1n) is 14.2. The SMILES string of the molecule is C=CC1(C=CC(CCCC=CC2(C=C)CC2C)CCCCCCC=C2CC2C)CCC(C)C1. The molecule has 0 aliphatic heterocycles. The second-order valence-corrected chi connectivity index (χ2v) is 12.0. The van der Waals surface area contributed by atoms with E-state index < -0.39 is 0 Å². The fourth-order valence-corrected chi connectivity index (χ4v) is 6.07. The summed E-state index contributed by atoms with van der Waals surface area (Å²) in [6, 6.07) is 0. The van der Waals surface area contributed by atoms with Crippen LogP contribution in [0.25, 0.3) is 0 Å². The Bertz CT molecular complexity index is 720. The maximum Gasteiger partial charge on any atom is 0.00873 e. The Balaban J connectivity index is 1.42. The lowest BCUT2D eigenvalue weighted by Gasteiger charge is -2.22. The van der Waals surface area contributed by atoms with Crippen LogP contribution in [0.4, 0.5) is 0 Å². The summed E-state index contributed by atoms with van der Waals surface area (Å²) in [5, 5.41) is 0. The number of hydrogen-bond acceptors (Lipinski definition) is 0. The van der Waals surface area contributed by atoms with Gasteiger partial charge < -0.3 is 0 Å². The number of unbranched alkanes of at least 4 members (excludes halogenated alkanes) is 5. The van der Waals surface area contributed by atoms with Crippen molar-refractivity contribution in [3.8, 4) is 0 Å². The van der Waals surface area contributed by atoms with E-state index in [4.69, 9.17) is 0 Å². The highest BCUT2D eigenvalue weighted by Gasteiger charge is 2.45. The van der Waals surface area contributed by atoms with Crippen molar-refractivity contribution in [1.82, 2.24) is 0 Å². The van der Waals surface area contributed by atoms with Crippen molar-refractivity contribution >= 4 is 0 Å². The molecule has 3 rings (SSSR count). The zero-order valence-electron chi connectivity index (χ0n) is 22.2. The van der Waals surface area contributed by atoms with E-state index in [2.05, 4.69) is 76.5 Å². The van der Waals surface area contributed by atoms with E-state index >= 15 is 0 Å². The molecule has 0 heteroatoms. The van der Waals surface area contributed by atoms with Gasteiger partial charge in [0.1, 0.15) is 0 Å². The number of allylic oxidation sites excluding steroid dienone is 8. The van der Waals surface area contributed by atoms with E-state index in [1.807, 2.05) is 0 Å². The minimum atomic E-state index is 0.267. The zero-order valence-corrected chi connectivity index (χ0v) is 22.2. The topological polar surface area (TPSA) is 0 Å². The van der Waals surface area contributed by atoms with Crippen LogP contribution in [0.1, 0.15) is 111 Å².